The minimum atomic E-state index is -0.00263. The number of carbonyl (C=O) groups is 1. The summed E-state index contributed by atoms with van der Waals surface area (Å²) < 4.78 is 0. The first-order valence-electron chi connectivity index (χ1n) is 7.13. The molecule has 1 amide bonds. The van der Waals surface area contributed by atoms with Crippen molar-refractivity contribution in [3.05, 3.63) is 33.7 Å². The molecule has 0 atom stereocenters. The Bertz CT molecular complexity index is 510. The molecule has 0 saturated carbocycles. The molecule has 2 rings (SSSR count). The van der Waals surface area contributed by atoms with E-state index in [0.717, 1.165) is 47.3 Å². The van der Waals surface area contributed by atoms with Crippen molar-refractivity contribution in [2.75, 3.05) is 5.88 Å². The summed E-state index contributed by atoms with van der Waals surface area (Å²) in [5.41, 5.74) is 2.97. The molecule has 0 bridgehead atoms. The summed E-state index contributed by atoms with van der Waals surface area (Å²) in [6.45, 7) is 4.20. The summed E-state index contributed by atoms with van der Waals surface area (Å²) in [6.07, 6.45) is 5.63. The van der Waals surface area contributed by atoms with Crippen molar-refractivity contribution in [3.8, 4) is 5.75 Å². The van der Waals surface area contributed by atoms with Gasteiger partial charge in [0.25, 0.3) is 5.91 Å². The van der Waals surface area contributed by atoms with E-state index in [2.05, 4.69) is 19.2 Å². The van der Waals surface area contributed by atoms with Crippen LogP contribution in [0.5, 0.6) is 5.75 Å². The number of phenols is 1. The van der Waals surface area contributed by atoms with Crippen molar-refractivity contribution in [2.24, 2.45) is 0 Å². The van der Waals surface area contributed by atoms with Gasteiger partial charge >= 0.3 is 0 Å². The fraction of sp³-hybridized carbons (Fsp3) is 0.438. The highest BCUT2D eigenvalue weighted by Gasteiger charge is 2.17. The summed E-state index contributed by atoms with van der Waals surface area (Å²) in [5.74, 6) is 1.07. The molecule has 3 nitrogen and oxygen atoms in total. The maximum Gasteiger partial charge on any atom is 0.258 e. The molecule has 20 heavy (non-hydrogen) atoms. The average Bonchev–Trinajstić information content (AvgIpc) is 2.81. The quantitative estimate of drug-likeness (QED) is 0.817. The van der Waals surface area contributed by atoms with Gasteiger partial charge in [-0.3, -0.25) is 4.79 Å². The van der Waals surface area contributed by atoms with E-state index in [4.69, 9.17) is 0 Å². The van der Waals surface area contributed by atoms with Crippen LogP contribution in [0.3, 0.4) is 0 Å². The normalized spacial score (nSPS) is 16.7. The molecule has 0 spiro atoms. The van der Waals surface area contributed by atoms with Gasteiger partial charge in [0, 0.05) is 0 Å². The van der Waals surface area contributed by atoms with Crippen LogP contribution in [0.2, 0.25) is 0 Å². The van der Waals surface area contributed by atoms with E-state index < -0.39 is 0 Å². The molecule has 1 fully saturated rings. The highest BCUT2D eigenvalue weighted by molar-refractivity contribution is 8.04. The number of carbonyl (C=O) groups excluding carboxylic acids is 1. The summed E-state index contributed by atoms with van der Waals surface area (Å²) in [4.78, 5) is 12.4. The van der Waals surface area contributed by atoms with Crippen LogP contribution in [0.15, 0.2) is 17.0 Å². The first-order chi connectivity index (χ1) is 9.65. The highest BCUT2D eigenvalue weighted by Crippen LogP contribution is 2.30. The van der Waals surface area contributed by atoms with Crippen LogP contribution in [0.1, 0.15) is 43.4 Å². The van der Waals surface area contributed by atoms with E-state index in [9.17, 15) is 9.90 Å². The zero-order valence-electron chi connectivity index (χ0n) is 12.0. The lowest BCUT2D eigenvalue weighted by Gasteiger charge is -2.11. The fourth-order valence-corrected chi connectivity index (χ4v) is 3.16. The van der Waals surface area contributed by atoms with Gasteiger partial charge in [0.05, 0.1) is 10.8 Å². The monoisotopic (exact) mass is 291 g/mol. The van der Waals surface area contributed by atoms with Gasteiger partial charge in [-0.15, -0.1) is 0 Å². The number of nitrogens with one attached hydrogen (secondary N) is 1. The molecule has 1 aromatic rings. The molecule has 0 radical (unpaired) electrons. The Balaban J connectivity index is 2.39. The third-order valence-electron chi connectivity index (χ3n) is 3.31. The maximum absolute atomic E-state index is 11.6. The standard InChI is InChI=1S/C16H21NO2S/c1-3-5-12-7-11(8-13(6-4-2)15(12)18)9-14-16(19)17-10-20-14/h7-9,18H,3-6,10H2,1-2H3,(H,17,19)/b14-9-. The third kappa shape index (κ3) is 3.37. The highest BCUT2D eigenvalue weighted by atomic mass is 32.2. The van der Waals surface area contributed by atoms with Gasteiger partial charge in [-0.05, 0) is 47.7 Å². The molecule has 1 heterocycles. The SMILES string of the molecule is CCCc1cc(/C=C2\SCNC2=O)cc(CCC)c1O. The van der Waals surface area contributed by atoms with Crippen molar-refractivity contribution >= 4 is 23.7 Å². The second-order valence-corrected chi connectivity index (χ2v) is 6.01. The van der Waals surface area contributed by atoms with E-state index in [-0.39, 0.29) is 5.91 Å². The molecular weight excluding hydrogens is 270 g/mol. The van der Waals surface area contributed by atoms with E-state index in [1.807, 2.05) is 18.2 Å². The van der Waals surface area contributed by atoms with Gasteiger partial charge in [0.1, 0.15) is 5.75 Å². The number of thioether (sulfide) groups is 1. The van der Waals surface area contributed by atoms with Crippen LogP contribution in [0, 0.1) is 0 Å². The van der Waals surface area contributed by atoms with Crippen LogP contribution in [0.25, 0.3) is 6.08 Å². The Morgan fingerprint density at radius 1 is 1.25 bits per heavy atom. The summed E-state index contributed by atoms with van der Waals surface area (Å²) in [5, 5.41) is 13.1. The Labute approximate surface area is 124 Å². The molecule has 0 aromatic heterocycles. The minimum Gasteiger partial charge on any atom is -0.507 e. The Hall–Kier alpha value is -1.42. The second-order valence-electron chi connectivity index (χ2n) is 4.99. The van der Waals surface area contributed by atoms with Crippen molar-refractivity contribution < 1.29 is 9.90 Å². The van der Waals surface area contributed by atoms with Crippen LogP contribution in [0.4, 0.5) is 0 Å². The number of benzene rings is 1. The van der Waals surface area contributed by atoms with Gasteiger partial charge in [-0.2, -0.15) is 0 Å². The number of amides is 1. The van der Waals surface area contributed by atoms with Crippen LogP contribution < -0.4 is 5.32 Å². The largest absolute Gasteiger partial charge is 0.507 e. The topological polar surface area (TPSA) is 49.3 Å². The minimum absolute atomic E-state index is 0.00263. The smallest absolute Gasteiger partial charge is 0.258 e. The lowest BCUT2D eigenvalue weighted by atomic mass is 9.98. The van der Waals surface area contributed by atoms with Gasteiger partial charge in [-0.1, -0.05) is 38.5 Å². The summed E-state index contributed by atoms with van der Waals surface area (Å²) >= 11 is 1.53. The van der Waals surface area contributed by atoms with E-state index in [0.29, 0.717) is 11.6 Å². The third-order valence-corrected chi connectivity index (χ3v) is 4.21. The number of hydrogen-bond acceptors (Lipinski definition) is 3. The van der Waals surface area contributed by atoms with Gasteiger partial charge < -0.3 is 10.4 Å². The molecule has 2 N–H and O–H groups in total. The molecule has 1 aliphatic heterocycles. The molecule has 0 unspecified atom stereocenters. The van der Waals surface area contributed by atoms with Gasteiger partial charge in [0.15, 0.2) is 0 Å². The molecule has 0 aliphatic carbocycles. The van der Waals surface area contributed by atoms with Gasteiger partial charge in [0.2, 0.25) is 0 Å². The molecule has 108 valence electrons. The van der Waals surface area contributed by atoms with E-state index in [1.165, 1.54) is 11.8 Å². The fourth-order valence-electron chi connectivity index (χ4n) is 2.38. The predicted octanol–water partition coefficient (Wildman–Crippen LogP) is 3.46. The lowest BCUT2D eigenvalue weighted by Crippen LogP contribution is -2.13. The zero-order valence-corrected chi connectivity index (χ0v) is 12.8. The zero-order chi connectivity index (χ0) is 14.5. The van der Waals surface area contributed by atoms with Crippen LogP contribution in [-0.4, -0.2) is 16.9 Å². The molecule has 1 aliphatic rings. The molecule has 1 saturated heterocycles. The Morgan fingerprint density at radius 2 is 1.85 bits per heavy atom. The first kappa shape index (κ1) is 15.0. The number of aryl methyl sites for hydroxylation is 2. The summed E-state index contributed by atoms with van der Waals surface area (Å²) in [7, 11) is 0. The van der Waals surface area contributed by atoms with Crippen molar-refractivity contribution in [1.82, 2.24) is 5.32 Å². The molecule has 1 aromatic carbocycles. The first-order valence-corrected chi connectivity index (χ1v) is 8.11. The Kier molecular flexibility index (Phi) is 5.12. The van der Waals surface area contributed by atoms with Crippen LogP contribution in [-0.2, 0) is 17.6 Å². The van der Waals surface area contributed by atoms with Crippen molar-refractivity contribution in [2.45, 2.75) is 39.5 Å². The van der Waals surface area contributed by atoms with E-state index >= 15 is 0 Å². The van der Waals surface area contributed by atoms with Crippen molar-refractivity contribution in [3.63, 3.8) is 0 Å². The predicted molar refractivity (Wildman–Crippen MR) is 84.7 cm³/mol. The number of aromatic hydroxyl groups is 1. The summed E-state index contributed by atoms with van der Waals surface area (Å²) in [6, 6.07) is 3.99. The van der Waals surface area contributed by atoms with Gasteiger partial charge in [-0.25, -0.2) is 0 Å². The van der Waals surface area contributed by atoms with E-state index in [1.54, 1.807) is 0 Å². The molecule has 4 heteroatoms. The van der Waals surface area contributed by atoms with Crippen molar-refractivity contribution in [1.29, 1.82) is 0 Å². The second kappa shape index (κ2) is 6.84. The average molecular weight is 291 g/mol. The Morgan fingerprint density at radius 3 is 2.30 bits per heavy atom. The van der Waals surface area contributed by atoms with Crippen LogP contribution >= 0.6 is 11.8 Å². The maximum atomic E-state index is 11.6. The number of rotatable bonds is 5. The lowest BCUT2D eigenvalue weighted by molar-refractivity contribution is -0.116. The molecular formula is C16H21NO2S. The number of hydrogen-bond donors (Lipinski definition) is 2. The number of phenolic OH excluding ortho intramolecular Hbond substituents is 1.